The molecule has 1 amide bonds. The predicted octanol–water partition coefficient (Wildman–Crippen LogP) is 5.51. The van der Waals surface area contributed by atoms with Gasteiger partial charge in [0.15, 0.2) is 11.6 Å². The molecule has 0 saturated heterocycles. The highest BCUT2D eigenvalue weighted by Crippen LogP contribution is 2.35. The summed E-state index contributed by atoms with van der Waals surface area (Å²) in [6, 6.07) is 16.0. The first-order valence-electron chi connectivity index (χ1n) is 9.47. The Hall–Kier alpha value is -3.21. The number of nitrogens with zero attached hydrogens (tertiary/aromatic N) is 2. The van der Waals surface area contributed by atoms with Gasteiger partial charge >= 0.3 is 5.97 Å². The van der Waals surface area contributed by atoms with Crippen molar-refractivity contribution in [3.05, 3.63) is 83.4 Å². The molecule has 2 N–H and O–H groups in total. The average molecular weight is 551 g/mol. The van der Waals surface area contributed by atoms with Crippen LogP contribution in [0.2, 0.25) is 0 Å². The van der Waals surface area contributed by atoms with Crippen LogP contribution in [0.15, 0.2) is 60.7 Å². The zero-order valence-corrected chi connectivity index (χ0v) is 19.4. The summed E-state index contributed by atoms with van der Waals surface area (Å²) in [6.45, 7) is 0. The molecule has 3 aromatic rings. The molecule has 0 heterocycles. The molecule has 0 aliphatic rings. The van der Waals surface area contributed by atoms with Crippen LogP contribution in [-0.4, -0.2) is 35.6 Å². The molecule has 0 aliphatic heterocycles. The maximum absolute atomic E-state index is 15.2. The van der Waals surface area contributed by atoms with E-state index in [0.717, 1.165) is 11.8 Å². The number of anilines is 4. The normalized spacial score (nSPS) is 10.5. The third kappa shape index (κ3) is 4.82. The van der Waals surface area contributed by atoms with E-state index in [1.54, 1.807) is 54.6 Å². The molecule has 0 saturated carbocycles. The third-order valence-corrected chi connectivity index (χ3v) is 5.44. The topological polar surface area (TPSA) is 72.9 Å². The number of carbonyl (C=O) groups excluding carboxylic acids is 1. The van der Waals surface area contributed by atoms with Gasteiger partial charge in [-0.25, -0.2) is 13.6 Å². The lowest BCUT2D eigenvalue weighted by molar-refractivity contribution is 0.0697. The number of amides is 1. The van der Waals surface area contributed by atoms with Gasteiger partial charge in [0.05, 0.1) is 21.4 Å². The predicted molar refractivity (Wildman–Crippen MR) is 130 cm³/mol. The van der Waals surface area contributed by atoms with Crippen molar-refractivity contribution in [2.24, 2.45) is 0 Å². The van der Waals surface area contributed by atoms with Crippen molar-refractivity contribution in [3.8, 4) is 0 Å². The van der Waals surface area contributed by atoms with Crippen molar-refractivity contribution >= 4 is 57.2 Å². The van der Waals surface area contributed by atoms with E-state index in [9.17, 15) is 19.1 Å². The second-order valence-electron chi connectivity index (χ2n) is 7.03. The van der Waals surface area contributed by atoms with Crippen LogP contribution < -0.4 is 15.1 Å². The number of carboxylic acid groups (broad SMARTS) is 1. The number of benzene rings is 3. The van der Waals surface area contributed by atoms with Crippen molar-refractivity contribution in [1.82, 2.24) is 0 Å². The van der Waals surface area contributed by atoms with Gasteiger partial charge in [-0.3, -0.25) is 4.79 Å². The molecule has 6 nitrogen and oxygen atoms in total. The molecule has 0 spiro atoms. The lowest BCUT2D eigenvalue weighted by Gasteiger charge is -2.25. The lowest BCUT2D eigenvalue weighted by atomic mass is 10.0. The summed E-state index contributed by atoms with van der Waals surface area (Å²) >= 11 is 1.93. The molecule has 0 aliphatic carbocycles. The van der Waals surface area contributed by atoms with E-state index in [1.807, 2.05) is 41.6 Å². The van der Waals surface area contributed by atoms with Gasteiger partial charge in [0.1, 0.15) is 0 Å². The number of halogens is 3. The number of hydrogen-bond donors (Lipinski definition) is 2. The average Bonchev–Trinajstić information content (AvgIpc) is 2.78. The van der Waals surface area contributed by atoms with Crippen molar-refractivity contribution in [3.63, 3.8) is 0 Å². The summed E-state index contributed by atoms with van der Waals surface area (Å²) in [4.78, 5) is 27.8. The molecule has 3 rings (SSSR count). The Kier molecular flexibility index (Phi) is 7.29. The molecule has 166 valence electrons. The number of carbonyl (C=O) groups is 2. The lowest BCUT2D eigenvalue weighted by Crippen LogP contribution is -2.23. The number of alkyl halides is 1. The van der Waals surface area contributed by atoms with Crippen LogP contribution in [0.1, 0.15) is 20.7 Å². The fourth-order valence-electron chi connectivity index (χ4n) is 3.12. The summed E-state index contributed by atoms with van der Waals surface area (Å²) in [5.41, 5.74) is 0.0831. The number of aromatic carboxylic acids is 1. The number of nitrogens with one attached hydrogen (secondary N) is 1. The standard InChI is InChI=1S/C23H20F2IN3O3/c1-28(2)15-10-8-14(9-11-15)27-22(30)17-12-18(23(31)32)21(20(25)19(17)24)29(13-26)16-6-4-3-5-7-16/h3-12H,13H2,1-2H3,(H,27,30)(H,31,32). The van der Waals surface area contributed by atoms with Crippen LogP contribution in [0.4, 0.5) is 31.5 Å². The fraction of sp³-hybridized carbons (Fsp3) is 0.130. The van der Waals surface area contributed by atoms with E-state index in [4.69, 9.17) is 0 Å². The first-order valence-corrected chi connectivity index (χ1v) is 11.0. The van der Waals surface area contributed by atoms with E-state index >= 15 is 4.39 Å². The second kappa shape index (κ2) is 9.94. The van der Waals surface area contributed by atoms with Crippen LogP contribution in [0.3, 0.4) is 0 Å². The largest absolute Gasteiger partial charge is 0.478 e. The van der Waals surface area contributed by atoms with Crippen LogP contribution in [0, 0.1) is 11.6 Å². The first-order chi connectivity index (χ1) is 15.2. The molecule has 3 aromatic carbocycles. The van der Waals surface area contributed by atoms with E-state index in [2.05, 4.69) is 5.32 Å². The van der Waals surface area contributed by atoms with Crippen LogP contribution in [0.5, 0.6) is 0 Å². The van der Waals surface area contributed by atoms with Crippen molar-refractivity contribution in [2.45, 2.75) is 0 Å². The van der Waals surface area contributed by atoms with Gasteiger partial charge in [0.2, 0.25) is 0 Å². The fourth-order valence-corrected chi connectivity index (χ4v) is 3.85. The Morgan fingerprint density at radius 2 is 1.56 bits per heavy atom. The Balaban J connectivity index is 2.03. The monoisotopic (exact) mass is 551 g/mol. The Morgan fingerprint density at radius 1 is 0.938 bits per heavy atom. The summed E-state index contributed by atoms with van der Waals surface area (Å²) in [5, 5.41) is 12.2. The zero-order valence-electron chi connectivity index (χ0n) is 17.3. The van der Waals surface area contributed by atoms with Gasteiger partial charge < -0.3 is 20.2 Å². The van der Waals surface area contributed by atoms with Gasteiger partial charge in [-0.1, -0.05) is 40.8 Å². The van der Waals surface area contributed by atoms with E-state index in [1.165, 1.54) is 4.90 Å². The summed E-state index contributed by atoms with van der Waals surface area (Å²) in [7, 11) is 3.71. The van der Waals surface area contributed by atoms with Crippen molar-refractivity contribution in [1.29, 1.82) is 0 Å². The molecule has 0 radical (unpaired) electrons. The highest BCUT2D eigenvalue weighted by molar-refractivity contribution is 14.1. The molecule has 0 bridgehead atoms. The minimum atomic E-state index is -1.48. The molecule has 9 heteroatoms. The van der Waals surface area contributed by atoms with E-state index < -0.39 is 40.3 Å². The Bertz CT molecular complexity index is 1140. The Morgan fingerprint density at radius 3 is 2.09 bits per heavy atom. The molecule has 0 atom stereocenters. The third-order valence-electron chi connectivity index (χ3n) is 4.75. The van der Waals surface area contributed by atoms with Gasteiger partial charge in [-0.2, -0.15) is 0 Å². The van der Waals surface area contributed by atoms with Gasteiger partial charge in [-0.05, 0) is 42.5 Å². The Labute approximate surface area is 197 Å². The molecular weight excluding hydrogens is 531 g/mol. The molecule has 0 fully saturated rings. The highest BCUT2D eigenvalue weighted by Gasteiger charge is 2.29. The molecular formula is C23H20F2IN3O3. The number of rotatable bonds is 7. The second-order valence-corrected chi connectivity index (χ2v) is 7.71. The summed E-state index contributed by atoms with van der Waals surface area (Å²) < 4.78 is 30.3. The maximum atomic E-state index is 15.2. The van der Waals surface area contributed by atoms with Gasteiger partial charge in [-0.15, -0.1) is 0 Å². The SMILES string of the molecule is CN(C)c1ccc(NC(=O)c2cc(C(=O)O)c(N(CI)c3ccccc3)c(F)c2F)cc1. The van der Waals surface area contributed by atoms with E-state index in [0.29, 0.717) is 11.4 Å². The molecule has 0 unspecified atom stereocenters. The summed E-state index contributed by atoms with van der Waals surface area (Å²) in [6.07, 6.45) is 0. The van der Waals surface area contributed by atoms with Crippen LogP contribution in [-0.2, 0) is 0 Å². The minimum absolute atomic E-state index is 0.155. The molecule has 0 aromatic heterocycles. The first kappa shape index (κ1) is 23.5. The smallest absolute Gasteiger partial charge is 0.337 e. The number of para-hydroxylation sites is 1. The number of hydrogen-bond acceptors (Lipinski definition) is 4. The van der Waals surface area contributed by atoms with Crippen molar-refractivity contribution in [2.75, 3.05) is 33.8 Å². The minimum Gasteiger partial charge on any atom is -0.478 e. The zero-order chi connectivity index (χ0) is 23.4. The van der Waals surface area contributed by atoms with Gasteiger partial charge in [0, 0.05) is 31.2 Å². The van der Waals surface area contributed by atoms with E-state index in [-0.39, 0.29) is 4.55 Å². The molecule has 32 heavy (non-hydrogen) atoms. The maximum Gasteiger partial charge on any atom is 0.337 e. The van der Waals surface area contributed by atoms with Crippen LogP contribution >= 0.6 is 22.6 Å². The number of carboxylic acids is 1. The highest BCUT2D eigenvalue weighted by atomic mass is 127. The summed E-state index contributed by atoms with van der Waals surface area (Å²) in [5.74, 6) is -5.25. The van der Waals surface area contributed by atoms with Gasteiger partial charge in [0.25, 0.3) is 5.91 Å². The quantitative estimate of drug-likeness (QED) is 0.230. The van der Waals surface area contributed by atoms with Crippen molar-refractivity contribution < 1.29 is 23.5 Å². The van der Waals surface area contributed by atoms with Crippen LogP contribution in [0.25, 0.3) is 0 Å².